The van der Waals surface area contributed by atoms with Crippen LogP contribution in [0.5, 0.6) is 0 Å². The van der Waals surface area contributed by atoms with Crippen molar-refractivity contribution in [3.05, 3.63) is 56.7 Å². The average Bonchev–Trinajstić information content (AvgIpc) is 2.47. The van der Waals surface area contributed by atoms with Crippen LogP contribution in [-0.4, -0.2) is 12.6 Å². The van der Waals surface area contributed by atoms with Crippen molar-refractivity contribution in [3.8, 4) is 17.2 Å². The minimum Gasteiger partial charge on any atom is -0.462 e. The van der Waals surface area contributed by atoms with Gasteiger partial charge in [0.15, 0.2) is 0 Å². The van der Waals surface area contributed by atoms with E-state index in [-0.39, 0.29) is 12.2 Å². The molecule has 0 heterocycles. The van der Waals surface area contributed by atoms with E-state index in [0.29, 0.717) is 14.7 Å². The Morgan fingerprint density at radius 1 is 1.27 bits per heavy atom. The minimum atomic E-state index is -0.935. The fourth-order valence-corrected chi connectivity index (χ4v) is 2.57. The maximum absolute atomic E-state index is 13.8. The third-order valence-electron chi connectivity index (χ3n) is 2.94. The van der Waals surface area contributed by atoms with E-state index >= 15 is 0 Å². The number of ether oxygens (including phenoxy) is 1. The highest BCUT2D eigenvalue weighted by atomic mass is 127. The lowest BCUT2D eigenvalue weighted by molar-refractivity contribution is 0.0526. The molecule has 0 saturated carbocycles. The van der Waals surface area contributed by atoms with Crippen molar-refractivity contribution < 1.29 is 18.3 Å². The van der Waals surface area contributed by atoms with E-state index in [1.807, 2.05) is 22.6 Å². The molecule has 2 rings (SSSR count). The maximum Gasteiger partial charge on any atom is 0.338 e. The van der Waals surface area contributed by atoms with Gasteiger partial charge in [0, 0.05) is 3.57 Å². The number of benzene rings is 2. The molecule has 0 spiro atoms. The standard InChI is InChI=1S/C16H10F2INO2/c1-2-22-16(21)9-3-4-15(19)11(5-9)10-6-13(17)12(8-20)14(18)7-10/h3-7H,2H2,1H3. The molecule has 0 amide bonds. The lowest BCUT2D eigenvalue weighted by Crippen LogP contribution is -2.05. The zero-order valence-corrected chi connectivity index (χ0v) is 13.6. The Morgan fingerprint density at radius 3 is 2.45 bits per heavy atom. The van der Waals surface area contributed by atoms with Crippen molar-refractivity contribution in [2.24, 2.45) is 0 Å². The smallest absolute Gasteiger partial charge is 0.338 e. The van der Waals surface area contributed by atoms with Crippen LogP contribution in [0.2, 0.25) is 0 Å². The van der Waals surface area contributed by atoms with Gasteiger partial charge >= 0.3 is 5.97 Å². The van der Waals surface area contributed by atoms with Gasteiger partial charge in [-0.2, -0.15) is 5.26 Å². The molecule has 22 heavy (non-hydrogen) atoms. The highest BCUT2D eigenvalue weighted by Gasteiger charge is 2.15. The van der Waals surface area contributed by atoms with Gasteiger partial charge in [-0.05, 0) is 71.0 Å². The lowest BCUT2D eigenvalue weighted by Gasteiger charge is -2.09. The molecule has 0 unspecified atom stereocenters. The number of nitrogens with zero attached hydrogens (tertiary/aromatic N) is 1. The molecule has 0 radical (unpaired) electrons. The molecule has 2 aromatic rings. The Morgan fingerprint density at radius 2 is 1.91 bits per heavy atom. The second-order valence-corrected chi connectivity index (χ2v) is 5.50. The molecule has 6 heteroatoms. The summed E-state index contributed by atoms with van der Waals surface area (Å²) in [6.07, 6.45) is 0. The van der Waals surface area contributed by atoms with Gasteiger partial charge in [0.05, 0.1) is 12.2 Å². The molecule has 0 atom stereocenters. The highest BCUT2D eigenvalue weighted by molar-refractivity contribution is 14.1. The van der Waals surface area contributed by atoms with E-state index in [9.17, 15) is 13.6 Å². The summed E-state index contributed by atoms with van der Waals surface area (Å²) < 4.78 is 33.1. The van der Waals surface area contributed by atoms with Crippen LogP contribution < -0.4 is 0 Å². The fraction of sp³-hybridized carbons (Fsp3) is 0.125. The average molecular weight is 413 g/mol. The van der Waals surface area contributed by atoms with Crippen molar-refractivity contribution >= 4 is 28.6 Å². The van der Waals surface area contributed by atoms with Gasteiger partial charge in [0.1, 0.15) is 23.3 Å². The predicted molar refractivity (Wildman–Crippen MR) is 85.2 cm³/mol. The van der Waals surface area contributed by atoms with Crippen molar-refractivity contribution in [3.63, 3.8) is 0 Å². The Hall–Kier alpha value is -2.01. The number of carbonyl (C=O) groups is 1. The van der Waals surface area contributed by atoms with Crippen molar-refractivity contribution in [1.29, 1.82) is 5.26 Å². The van der Waals surface area contributed by atoms with E-state index < -0.39 is 23.2 Å². The Labute approximate surface area is 139 Å². The van der Waals surface area contributed by atoms with Crippen LogP contribution in [0.15, 0.2) is 30.3 Å². The predicted octanol–water partition coefficient (Wildman–Crippen LogP) is 4.28. The van der Waals surface area contributed by atoms with Crippen molar-refractivity contribution in [2.45, 2.75) is 6.92 Å². The van der Waals surface area contributed by atoms with Gasteiger partial charge in [-0.15, -0.1) is 0 Å². The summed E-state index contributed by atoms with van der Waals surface area (Å²) in [6.45, 7) is 1.93. The van der Waals surface area contributed by atoms with E-state index in [1.165, 1.54) is 12.1 Å². The second kappa shape index (κ2) is 6.83. The van der Waals surface area contributed by atoms with Gasteiger partial charge in [-0.1, -0.05) is 0 Å². The van der Waals surface area contributed by atoms with Gasteiger partial charge in [-0.25, -0.2) is 13.6 Å². The lowest BCUT2D eigenvalue weighted by atomic mass is 10.0. The van der Waals surface area contributed by atoms with Crippen LogP contribution in [0.4, 0.5) is 8.78 Å². The van der Waals surface area contributed by atoms with Crippen LogP contribution in [-0.2, 0) is 4.74 Å². The summed E-state index contributed by atoms with van der Waals surface area (Å²) >= 11 is 2.00. The first-order valence-electron chi connectivity index (χ1n) is 6.34. The molecular weight excluding hydrogens is 403 g/mol. The van der Waals surface area contributed by atoms with Gasteiger partial charge in [0.2, 0.25) is 0 Å². The third-order valence-corrected chi connectivity index (χ3v) is 3.88. The Balaban J connectivity index is 2.55. The molecule has 2 aromatic carbocycles. The molecule has 0 saturated heterocycles. The number of carbonyl (C=O) groups excluding carboxylic acids is 1. The molecule has 0 aromatic heterocycles. The first-order chi connectivity index (χ1) is 10.5. The van der Waals surface area contributed by atoms with Crippen molar-refractivity contribution in [1.82, 2.24) is 0 Å². The quantitative estimate of drug-likeness (QED) is 0.558. The SMILES string of the molecule is CCOC(=O)c1ccc(I)c(-c2cc(F)c(C#N)c(F)c2)c1. The van der Waals surface area contributed by atoms with Crippen LogP contribution in [0, 0.1) is 26.5 Å². The minimum absolute atomic E-state index is 0.236. The van der Waals surface area contributed by atoms with Crippen molar-refractivity contribution in [2.75, 3.05) is 6.61 Å². The Kier molecular flexibility index (Phi) is 5.08. The summed E-state index contributed by atoms with van der Waals surface area (Å²) in [7, 11) is 0. The van der Waals surface area contributed by atoms with E-state index in [2.05, 4.69) is 0 Å². The number of nitriles is 1. The van der Waals surface area contributed by atoms with Gasteiger partial charge in [0.25, 0.3) is 0 Å². The molecule has 112 valence electrons. The zero-order chi connectivity index (χ0) is 16.3. The molecule has 0 aliphatic rings. The number of hydrogen-bond donors (Lipinski definition) is 0. The maximum atomic E-state index is 13.8. The number of hydrogen-bond acceptors (Lipinski definition) is 3. The van der Waals surface area contributed by atoms with E-state index in [4.69, 9.17) is 10.00 Å². The molecule has 0 aliphatic heterocycles. The largest absolute Gasteiger partial charge is 0.462 e. The number of halogens is 3. The monoisotopic (exact) mass is 413 g/mol. The van der Waals surface area contributed by atoms with E-state index in [1.54, 1.807) is 19.1 Å². The third kappa shape index (κ3) is 3.25. The second-order valence-electron chi connectivity index (χ2n) is 4.34. The molecule has 0 fully saturated rings. The summed E-state index contributed by atoms with van der Waals surface area (Å²) in [4.78, 5) is 11.8. The van der Waals surface area contributed by atoms with Gasteiger partial charge in [-0.3, -0.25) is 0 Å². The van der Waals surface area contributed by atoms with E-state index in [0.717, 1.165) is 12.1 Å². The Bertz CT molecular complexity index is 761. The first kappa shape index (κ1) is 16.4. The molecule has 0 bridgehead atoms. The fourth-order valence-electron chi connectivity index (χ4n) is 1.92. The topological polar surface area (TPSA) is 50.1 Å². The van der Waals surface area contributed by atoms with Gasteiger partial charge < -0.3 is 4.74 Å². The molecular formula is C16H10F2INO2. The number of esters is 1. The molecule has 0 aliphatic carbocycles. The van der Waals surface area contributed by atoms with Crippen LogP contribution >= 0.6 is 22.6 Å². The van der Waals surface area contributed by atoms with Crippen LogP contribution in [0.3, 0.4) is 0 Å². The summed E-state index contributed by atoms with van der Waals surface area (Å²) in [5.41, 5.74) is 0.417. The summed E-state index contributed by atoms with van der Waals surface area (Å²) in [6, 6.07) is 8.39. The van der Waals surface area contributed by atoms with Crippen LogP contribution in [0.25, 0.3) is 11.1 Å². The summed E-state index contributed by atoms with van der Waals surface area (Å²) in [5.74, 6) is -2.38. The molecule has 0 N–H and O–H groups in total. The summed E-state index contributed by atoms with van der Waals surface area (Å²) in [5, 5.41) is 8.70. The first-order valence-corrected chi connectivity index (χ1v) is 7.42. The van der Waals surface area contributed by atoms with Crippen LogP contribution in [0.1, 0.15) is 22.8 Å². The highest BCUT2D eigenvalue weighted by Crippen LogP contribution is 2.29. The normalized spacial score (nSPS) is 10.1. The molecule has 3 nitrogen and oxygen atoms in total. The number of rotatable bonds is 3. The zero-order valence-electron chi connectivity index (χ0n) is 11.5.